The van der Waals surface area contributed by atoms with Gasteiger partial charge in [-0.15, -0.1) is 0 Å². The molecule has 20 heavy (non-hydrogen) atoms. The third kappa shape index (κ3) is 2.86. The zero-order valence-corrected chi connectivity index (χ0v) is 11.8. The Kier molecular flexibility index (Phi) is 4.04. The molecule has 0 aromatic carbocycles. The van der Waals surface area contributed by atoms with Gasteiger partial charge < -0.3 is 15.1 Å². The van der Waals surface area contributed by atoms with E-state index in [1.807, 2.05) is 17.2 Å². The summed E-state index contributed by atoms with van der Waals surface area (Å²) in [5, 5.41) is 3.03. The molecule has 0 bridgehead atoms. The van der Waals surface area contributed by atoms with Crippen molar-refractivity contribution in [2.75, 3.05) is 31.1 Å². The smallest absolute Gasteiger partial charge is 0.317 e. The maximum absolute atomic E-state index is 12.0. The van der Waals surface area contributed by atoms with Gasteiger partial charge in [-0.1, -0.05) is 6.07 Å². The van der Waals surface area contributed by atoms with E-state index in [-0.39, 0.29) is 6.03 Å². The van der Waals surface area contributed by atoms with Crippen LogP contribution in [-0.4, -0.2) is 42.1 Å². The maximum atomic E-state index is 12.0. The minimum atomic E-state index is 0.0544. The van der Waals surface area contributed by atoms with Crippen LogP contribution in [0.15, 0.2) is 18.3 Å². The molecule has 5 nitrogen and oxygen atoms in total. The van der Waals surface area contributed by atoms with Crippen molar-refractivity contribution in [3.05, 3.63) is 23.9 Å². The molecule has 5 heteroatoms. The van der Waals surface area contributed by atoms with Gasteiger partial charge in [-0.25, -0.2) is 9.78 Å². The fraction of sp³-hybridized carbons (Fsp3) is 0.600. The molecule has 0 atom stereocenters. The Labute approximate surface area is 120 Å². The van der Waals surface area contributed by atoms with Crippen LogP contribution in [0.3, 0.4) is 0 Å². The zero-order chi connectivity index (χ0) is 13.8. The van der Waals surface area contributed by atoms with E-state index in [0.717, 1.165) is 50.4 Å². The molecule has 3 rings (SSSR count). The van der Waals surface area contributed by atoms with Crippen LogP contribution >= 0.6 is 0 Å². The molecule has 1 aromatic rings. The highest BCUT2D eigenvalue weighted by molar-refractivity contribution is 5.74. The summed E-state index contributed by atoms with van der Waals surface area (Å²) in [6.07, 6.45) is 6.55. The molecule has 0 saturated carbocycles. The van der Waals surface area contributed by atoms with Gasteiger partial charge in [0.2, 0.25) is 0 Å². The number of amides is 2. The number of aromatic nitrogens is 1. The molecule has 2 aliphatic heterocycles. The van der Waals surface area contributed by atoms with Crippen LogP contribution in [-0.2, 0) is 6.54 Å². The lowest BCUT2D eigenvalue weighted by atomic mass is 10.2. The second-order valence-corrected chi connectivity index (χ2v) is 5.53. The van der Waals surface area contributed by atoms with Gasteiger partial charge in [0.15, 0.2) is 0 Å². The molecule has 0 spiro atoms. The average Bonchev–Trinajstić information content (AvgIpc) is 3.17. The van der Waals surface area contributed by atoms with E-state index >= 15 is 0 Å². The maximum Gasteiger partial charge on any atom is 0.317 e. The first kappa shape index (κ1) is 13.2. The van der Waals surface area contributed by atoms with Gasteiger partial charge in [0.05, 0.1) is 0 Å². The van der Waals surface area contributed by atoms with E-state index in [9.17, 15) is 4.79 Å². The molecule has 2 aliphatic rings. The summed E-state index contributed by atoms with van der Waals surface area (Å²) in [5.41, 5.74) is 1.11. The van der Waals surface area contributed by atoms with Crippen molar-refractivity contribution in [3.8, 4) is 0 Å². The number of anilines is 1. The second-order valence-electron chi connectivity index (χ2n) is 5.53. The van der Waals surface area contributed by atoms with Crippen molar-refractivity contribution in [2.45, 2.75) is 32.2 Å². The number of carbonyl (C=O) groups excluding carboxylic acids is 1. The molecular formula is C15H22N4O. The largest absolute Gasteiger partial charge is 0.356 e. The highest BCUT2D eigenvalue weighted by Crippen LogP contribution is 2.21. The average molecular weight is 274 g/mol. The van der Waals surface area contributed by atoms with Crippen LogP contribution < -0.4 is 10.2 Å². The molecule has 3 heterocycles. The number of nitrogens with zero attached hydrogens (tertiary/aromatic N) is 3. The predicted octanol–water partition coefficient (Wildman–Crippen LogP) is 1.99. The molecule has 1 N–H and O–H groups in total. The van der Waals surface area contributed by atoms with E-state index in [2.05, 4.69) is 21.3 Å². The lowest BCUT2D eigenvalue weighted by Gasteiger charge is -2.21. The number of likely N-dealkylation sites (tertiary alicyclic amines) is 1. The lowest BCUT2D eigenvalue weighted by molar-refractivity contribution is 0.208. The third-order valence-electron chi connectivity index (χ3n) is 4.10. The Hall–Kier alpha value is -1.78. The fourth-order valence-electron chi connectivity index (χ4n) is 2.98. The monoisotopic (exact) mass is 274 g/mol. The molecular weight excluding hydrogens is 252 g/mol. The van der Waals surface area contributed by atoms with Crippen molar-refractivity contribution >= 4 is 11.8 Å². The topological polar surface area (TPSA) is 48.5 Å². The summed E-state index contributed by atoms with van der Waals surface area (Å²) >= 11 is 0. The normalized spacial score (nSPS) is 18.6. The zero-order valence-electron chi connectivity index (χ0n) is 11.8. The van der Waals surface area contributed by atoms with Crippen molar-refractivity contribution in [1.82, 2.24) is 15.2 Å². The molecule has 0 radical (unpaired) electrons. The number of urea groups is 1. The van der Waals surface area contributed by atoms with Gasteiger partial charge in [0.25, 0.3) is 0 Å². The molecule has 2 fully saturated rings. The molecule has 108 valence electrons. The van der Waals surface area contributed by atoms with E-state index in [0.29, 0.717) is 6.54 Å². The summed E-state index contributed by atoms with van der Waals surface area (Å²) in [6.45, 7) is 4.49. The molecule has 2 saturated heterocycles. The van der Waals surface area contributed by atoms with Crippen LogP contribution in [0.4, 0.5) is 10.6 Å². The quantitative estimate of drug-likeness (QED) is 0.917. The van der Waals surface area contributed by atoms with E-state index in [1.165, 1.54) is 12.8 Å². The van der Waals surface area contributed by atoms with Crippen LogP contribution in [0, 0.1) is 0 Å². The van der Waals surface area contributed by atoms with Crippen LogP contribution in [0.1, 0.15) is 31.2 Å². The molecule has 0 aliphatic carbocycles. The van der Waals surface area contributed by atoms with Gasteiger partial charge in [0.1, 0.15) is 5.82 Å². The first-order valence-electron chi connectivity index (χ1n) is 7.56. The van der Waals surface area contributed by atoms with E-state index in [1.54, 1.807) is 0 Å². The first-order valence-corrected chi connectivity index (χ1v) is 7.56. The van der Waals surface area contributed by atoms with Crippen molar-refractivity contribution < 1.29 is 4.79 Å². The summed E-state index contributed by atoms with van der Waals surface area (Å²) in [4.78, 5) is 20.7. The summed E-state index contributed by atoms with van der Waals surface area (Å²) in [5.74, 6) is 1.03. The van der Waals surface area contributed by atoms with Crippen molar-refractivity contribution in [1.29, 1.82) is 0 Å². The minimum absolute atomic E-state index is 0.0544. The number of hydrogen-bond donors (Lipinski definition) is 1. The Bertz CT molecular complexity index is 465. The Morgan fingerprint density at radius 2 is 1.85 bits per heavy atom. The van der Waals surface area contributed by atoms with Crippen LogP contribution in [0.2, 0.25) is 0 Å². The van der Waals surface area contributed by atoms with Crippen molar-refractivity contribution in [2.24, 2.45) is 0 Å². The summed E-state index contributed by atoms with van der Waals surface area (Å²) in [7, 11) is 0. The Morgan fingerprint density at radius 3 is 2.60 bits per heavy atom. The molecule has 0 unspecified atom stereocenters. The fourth-order valence-corrected chi connectivity index (χ4v) is 2.98. The van der Waals surface area contributed by atoms with Gasteiger partial charge in [-0.3, -0.25) is 0 Å². The predicted molar refractivity (Wildman–Crippen MR) is 78.7 cm³/mol. The van der Waals surface area contributed by atoms with Crippen molar-refractivity contribution in [3.63, 3.8) is 0 Å². The third-order valence-corrected chi connectivity index (χ3v) is 4.10. The van der Waals surface area contributed by atoms with E-state index < -0.39 is 0 Å². The van der Waals surface area contributed by atoms with Crippen LogP contribution in [0.5, 0.6) is 0 Å². The van der Waals surface area contributed by atoms with E-state index in [4.69, 9.17) is 0 Å². The highest BCUT2D eigenvalue weighted by Gasteiger charge is 2.19. The highest BCUT2D eigenvalue weighted by atomic mass is 16.2. The number of pyridine rings is 1. The van der Waals surface area contributed by atoms with Crippen LogP contribution in [0.25, 0.3) is 0 Å². The summed E-state index contributed by atoms with van der Waals surface area (Å²) < 4.78 is 0. The second kappa shape index (κ2) is 6.11. The SMILES string of the molecule is O=C(NCc1cccnc1N1CCCC1)N1CCCC1. The van der Waals surface area contributed by atoms with Gasteiger partial charge in [-0.2, -0.15) is 0 Å². The molecule has 1 aromatic heterocycles. The minimum Gasteiger partial charge on any atom is -0.356 e. The number of nitrogens with one attached hydrogen (secondary N) is 1. The molecule has 2 amide bonds. The first-order chi connectivity index (χ1) is 9.84. The number of rotatable bonds is 3. The Balaban J connectivity index is 1.63. The van der Waals surface area contributed by atoms with Gasteiger partial charge in [-0.05, 0) is 31.7 Å². The number of hydrogen-bond acceptors (Lipinski definition) is 3. The standard InChI is InChI=1S/C15H22N4O/c20-15(19-10-3-4-11-19)17-12-13-6-5-7-16-14(13)18-8-1-2-9-18/h5-7H,1-4,8-12H2,(H,17,20). The van der Waals surface area contributed by atoms with Gasteiger partial charge >= 0.3 is 6.03 Å². The summed E-state index contributed by atoms with van der Waals surface area (Å²) in [6, 6.07) is 4.06. The Morgan fingerprint density at radius 1 is 1.15 bits per heavy atom. The van der Waals surface area contributed by atoms with Gasteiger partial charge in [0, 0.05) is 44.5 Å². The lowest BCUT2D eigenvalue weighted by Crippen LogP contribution is -2.37. The number of carbonyl (C=O) groups is 1.